The van der Waals surface area contributed by atoms with Crippen molar-refractivity contribution < 1.29 is 14.4 Å². The van der Waals surface area contributed by atoms with Crippen molar-refractivity contribution >= 4 is 5.97 Å². The summed E-state index contributed by atoms with van der Waals surface area (Å²) >= 11 is 0. The molecule has 14 heavy (non-hydrogen) atoms. The van der Waals surface area contributed by atoms with Gasteiger partial charge in [-0.15, -0.1) is 0 Å². The van der Waals surface area contributed by atoms with E-state index in [2.05, 4.69) is 10.1 Å². The van der Waals surface area contributed by atoms with Crippen molar-refractivity contribution in [1.82, 2.24) is 10.1 Å². The summed E-state index contributed by atoms with van der Waals surface area (Å²) in [5.74, 6) is -0.738. The zero-order chi connectivity index (χ0) is 9.97. The minimum atomic E-state index is -0.757. The molecular weight excluding hydrogens is 184 g/mol. The predicted molar refractivity (Wildman–Crippen MR) is 46.6 cm³/mol. The van der Waals surface area contributed by atoms with Crippen LogP contribution in [0.15, 0.2) is 10.9 Å². The van der Waals surface area contributed by atoms with Gasteiger partial charge in [-0.2, -0.15) is 4.98 Å². The van der Waals surface area contributed by atoms with E-state index in [0.717, 1.165) is 19.3 Å². The lowest BCUT2D eigenvalue weighted by Gasteiger charge is -2.25. The Hall–Kier alpha value is -1.39. The number of hydrogen-bond donors (Lipinski definition) is 1. The standard InChI is InChI=1S/C9H12N2O3/c12-9(13)7-4-2-1-3-6(7)8-10-5-11-14-8/h5-7H,1-4H2,(H,12,13). The summed E-state index contributed by atoms with van der Waals surface area (Å²) in [6.07, 6.45) is 4.88. The number of rotatable bonds is 2. The number of nitrogens with zero attached hydrogens (tertiary/aromatic N) is 2. The van der Waals surface area contributed by atoms with Gasteiger partial charge < -0.3 is 9.63 Å². The molecule has 1 aliphatic carbocycles. The van der Waals surface area contributed by atoms with Crippen LogP contribution in [0.25, 0.3) is 0 Å². The van der Waals surface area contributed by atoms with Crippen molar-refractivity contribution in [3.63, 3.8) is 0 Å². The third kappa shape index (κ3) is 1.62. The molecule has 1 N–H and O–H groups in total. The van der Waals surface area contributed by atoms with Crippen LogP contribution in [0.4, 0.5) is 0 Å². The third-order valence-corrected chi connectivity index (χ3v) is 2.78. The fraction of sp³-hybridized carbons (Fsp3) is 0.667. The van der Waals surface area contributed by atoms with E-state index in [0.29, 0.717) is 12.3 Å². The number of carboxylic acids is 1. The fourth-order valence-electron chi connectivity index (χ4n) is 2.07. The highest BCUT2D eigenvalue weighted by molar-refractivity contribution is 5.71. The molecule has 0 spiro atoms. The molecule has 5 heteroatoms. The second-order valence-corrected chi connectivity index (χ2v) is 3.62. The van der Waals surface area contributed by atoms with Gasteiger partial charge in [-0.1, -0.05) is 18.0 Å². The lowest BCUT2D eigenvalue weighted by Crippen LogP contribution is -2.25. The average molecular weight is 196 g/mol. The number of carboxylic acid groups (broad SMARTS) is 1. The first-order valence-corrected chi connectivity index (χ1v) is 4.78. The highest BCUT2D eigenvalue weighted by atomic mass is 16.5. The maximum atomic E-state index is 11.0. The minimum Gasteiger partial charge on any atom is -0.481 e. The number of hydrogen-bond acceptors (Lipinski definition) is 4. The molecule has 1 saturated carbocycles. The van der Waals surface area contributed by atoms with Crippen LogP contribution >= 0.6 is 0 Å². The Morgan fingerprint density at radius 2 is 2.29 bits per heavy atom. The van der Waals surface area contributed by atoms with E-state index in [-0.39, 0.29) is 11.8 Å². The van der Waals surface area contributed by atoms with Crippen molar-refractivity contribution in [1.29, 1.82) is 0 Å². The Morgan fingerprint density at radius 1 is 1.50 bits per heavy atom. The summed E-state index contributed by atoms with van der Waals surface area (Å²) in [6.45, 7) is 0. The van der Waals surface area contributed by atoms with E-state index in [1.807, 2.05) is 0 Å². The fourth-order valence-corrected chi connectivity index (χ4v) is 2.07. The summed E-state index contributed by atoms with van der Waals surface area (Å²) in [4.78, 5) is 14.9. The van der Waals surface area contributed by atoms with Gasteiger partial charge in [0.05, 0.1) is 11.8 Å². The molecule has 0 radical (unpaired) electrons. The molecule has 0 amide bonds. The second kappa shape index (κ2) is 3.77. The van der Waals surface area contributed by atoms with E-state index in [1.165, 1.54) is 6.33 Å². The SMILES string of the molecule is O=C(O)C1CCCCC1c1ncno1. The van der Waals surface area contributed by atoms with Crippen LogP contribution in [-0.2, 0) is 4.79 Å². The second-order valence-electron chi connectivity index (χ2n) is 3.62. The molecule has 2 atom stereocenters. The first-order chi connectivity index (χ1) is 6.79. The molecular formula is C9H12N2O3. The normalized spacial score (nSPS) is 27.4. The smallest absolute Gasteiger partial charge is 0.307 e. The molecule has 0 aliphatic heterocycles. The summed E-state index contributed by atoms with van der Waals surface area (Å²) in [5, 5.41) is 12.5. The zero-order valence-electron chi connectivity index (χ0n) is 7.72. The first kappa shape index (κ1) is 9.18. The maximum absolute atomic E-state index is 11.0. The summed E-state index contributed by atoms with van der Waals surface area (Å²) in [6, 6.07) is 0. The van der Waals surface area contributed by atoms with Crippen LogP contribution in [0, 0.1) is 5.92 Å². The van der Waals surface area contributed by atoms with Gasteiger partial charge in [0.25, 0.3) is 0 Å². The van der Waals surface area contributed by atoms with Crippen molar-refractivity contribution in [2.45, 2.75) is 31.6 Å². The molecule has 5 nitrogen and oxygen atoms in total. The van der Waals surface area contributed by atoms with Crippen LogP contribution < -0.4 is 0 Å². The highest BCUT2D eigenvalue weighted by Crippen LogP contribution is 2.36. The Bertz CT molecular complexity index is 310. The van der Waals surface area contributed by atoms with Gasteiger partial charge in [-0.25, -0.2) is 0 Å². The molecule has 0 bridgehead atoms. The van der Waals surface area contributed by atoms with Crippen molar-refractivity contribution in [3.8, 4) is 0 Å². The van der Waals surface area contributed by atoms with Gasteiger partial charge in [-0.3, -0.25) is 4.79 Å². The highest BCUT2D eigenvalue weighted by Gasteiger charge is 2.34. The number of aromatic nitrogens is 2. The van der Waals surface area contributed by atoms with E-state index < -0.39 is 5.97 Å². The Kier molecular flexibility index (Phi) is 2.47. The van der Waals surface area contributed by atoms with Crippen molar-refractivity contribution in [2.75, 3.05) is 0 Å². The lowest BCUT2D eigenvalue weighted by molar-refractivity contribution is -0.143. The Balaban J connectivity index is 2.18. The van der Waals surface area contributed by atoms with E-state index in [4.69, 9.17) is 9.63 Å². The van der Waals surface area contributed by atoms with E-state index >= 15 is 0 Å². The number of carbonyl (C=O) groups is 1. The first-order valence-electron chi connectivity index (χ1n) is 4.78. The minimum absolute atomic E-state index is 0.0938. The molecule has 1 aromatic rings. The third-order valence-electron chi connectivity index (χ3n) is 2.78. The summed E-state index contributed by atoms with van der Waals surface area (Å²) in [5.41, 5.74) is 0. The van der Waals surface area contributed by atoms with Crippen molar-refractivity contribution in [2.24, 2.45) is 5.92 Å². The maximum Gasteiger partial charge on any atom is 0.307 e. The summed E-state index contributed by atoms with van der Waals surface area (Å²) < 4.78 is 4.93. The molecule has 1 heterocycles. The Labute approximate surface area is 81.1 Å². The zero-order valence-corrected chi connectivity index (χ0v) is 7.72. The molecule has 1 fully saturated rings. The molecule has 1 aromatic heterocycles. The van der Waals surface area contributed by atoms with Crippen LogP contribution in [0.5, 0.6) is 0 Å². The van der Waals surface area contributed by atoms with Crippen LogP contribution in [0.2, 0.25) is 0 Å². The van der Waals surface area contributed by atoms with E-state index in [1.54, 1.807) is 0 Å². The quantitative estimate of drug-likeness (QED) is 0.774. The predicted octanol–water partition coefficient (Wildman–Crippen LogP) is 1.43. The summed E-state index contributed by atoms with van der Waals surface area (Å²) in [7, 11) is 0. The van der Waals surface area contributed by atoms with Crippen LogP contribution in [0.3, 0.4) is 0 Å². The Morgan fingerprint density at radius 3 is 2.93 bits per heavy atom. The topological polar surface area (TPSA) is 76.2 Å². The molecule has 2 unspecified atom stereocenters. The largest absolute Gasteiger partial charge is 0.481 e. The number of aliphatic carboxylic acids is 1. The molecule has 0 aromatic carbocycles. The molecule has 2 rings (SSSR count). The van der Waals surface area contributed by atoms with Gasteiger partial charge in [0.1, 0.15) is 0 Å². The molecule has 76 valence electrons. The van der Waals surface area contributed by atoms with Crippen molar-refractivity contribution in [3.05, 3.63) is 12.2 Å². The van der Waals surface area contributed by atoms with Gasteiger partial charge in [0.15, 0.2) is 6.33 Å². The molecule has 0 saturated heterocycles. The molecule has 1 aliphatic rings. The van der Waals surface area contributed by atoms with Gasteiger partial charge in [-0.05, 0) is 12.8 Å². The van der Waals surface area contributed by atoms with Gasteiger partial charge >= 0.3 is 5.97 Å². The van der Waals surface area contributed by atoms with Gasteiger partial charge in [0, 0.05) is 0 Å². The average Bonchev–Trinajstić information content (AvgIpc) is 2.70. The van der Waals surface area contributed by atoms with Crippen LogP contribution in [0.1, 0.15) is 37.5 Å². The van der Waals surface area contributed by atoms with Gasteiger partial charge in [0.2, 0.25) is 5.89 Å². The lowest BCUT2D eigenvalue weighted by atomic mass is 9.79. The monoisotopic (exact) mass is 196 g/mol. The van der Waals surface area contributed by atoms with E-state index in [9.17, 15) is 4.79 Å². The van der Waals surface area contributed by atoms with Crippen LogP contribution in [-0.4, -0.2) is 21.2 Å².